The van der Waals surface area contributed by atoms with Gasteiger partial charge in [0, 0.05) is 56.1 Å². The molecule has 2 aliphatic rings. The lowest BCUT2D eigenvalue weighted by molar-refractivity contribution is -0.120. The summed E-state index contributed by atoms with van der Waals surface area (Å²) < 4.78 is 0. The van der Waals surface area contributed by atoms with Crippen LogP contribution in [0.3, 0.4) is 0 Å². The van der Waals surface area contributed by atoms with Crippen LogP contribution in [0.2, 0.25) is 5.02 Å². The molecular formula is C31H35ClN4O2. The lowest BCUT2D eigenvalue weighted by atomic mass is 9.93. The molecule has 2 amide bonds. The van der Waals surface area contributed by atoms with Crippen LogP contribution in [0.1, 0.15) is 54.2 Å². The first-order chi connectivity index (χ1) is 18.4. The standard InChI is InChI=1S/C31H35ClN4O2/c1-4-21(5-2)30(37)33-22-14-15-28(26(32)20-22)35-16-18-36(19-17-35)29-23-10-6-7-11-24(23)31(38)34(3)27-13-9-8-12-25(27)29/h6-15,20-21,29H,4-5,16-19H2,1-3H3,(H,33,37). The van der Waals surface area contributed by atoms with E-state index in [0.29, 0.717) is 5.02 Å². The van der Waals surface area contributed by atoms with E-state index in [-0.39, 0.29) is 23.8 Å². The number of piperazine rings is 1. The van der Waals surface area contributed by atoms with Crippen molar-refractivity contribution < 1.29 is 9.59 Å². The van der Waals surface area contributed by atoms with Crippen molar-refractivity contribution in [2.75, 3.05) is 48.3 Å². The summed E-state index contributed by atoms with van der Waals surface area (Å²) in [6, 6.07) is 22.0. The molecule has 0 aliphatic carbocycles. The van der Waals surface area contributed by atoms with E-state index in [1.165, 1.54) is 0 Å². The van der Waals surface area contributed by atoms with Crippen molar-refractivity contribution in [1.29, 1.82) is 0 Å². The van der Waals surface area contributed by atoms with Gasteiger partial charge in [0.25, 0.3) is 5.91 Å². The Morgan fingerprint density at radius 2 is 1.58 bits per heavy atom. The van der Waals surface area contributed by atoms with Crippen molar-refractivity contribution in [2.45, 2.75) is 32.7 Å². The van der Waals surface area contributed by atoms with E-state index in [0.717, 1.165) is 72.8 Å². The molecule has 0 spiro atoms. The highest BCUT2D eigenvalue weighted by Crippen LogP contribution is 2.41. The normalized spacial score (nSPS) is 17.7. The summed E-state index contributed by atoms with van der Waals surface area (Å²) in [6.07, 6.45) is 1.64. The van der Waals surface area contributed by atoms with Crippen LogP contribution in [0.25, 0.3) is 0 Å². The summed E-state index contributed by atoms with van der Waals surface area (Å²) in [7, 11) is 1.86. The number of carbonyl (C=O) groups is 2. The zero-order valence-electron chi connectivity index (χ0n) is 22.3. The van der Waals surface area contributed by atoms with E-state index in [1.54, 1.807) is 4.90 Å². The van der Waals surface area contributed by atoms with Crippen molar-refractivity contribution >= 4 is 40.5 Å². The van der Waals surface area contributed by atoms with Crippen LogP contribution in [0.5, 0.6) is 0 Å². The number of carbonyl (C=O) groups excluding carboxylic acids is 2. The molecule has 1 N–H and O–H groups in total. The monoisotopic (exact) mass is 530 g/mol. The highest BCUT2D eigenvalue weighted by atomic mass is 35.5. The van der Waals surface area contributed by atoms with Crippen LogP contribution in [0, 0.1) is 5.92 Å². The number of benzene rings is 3. The van der Waals surface area contributed by atoms with Gasteiger partial charge < -0.3 is 15.1 Å². The van der Waals surface area contributed by atoms with Crippen molar-refractivity contribution in [3.8, 4) is 0 Å². The van der Waals surface area contributed by atoms with Gasteiger partial charge in [-0.05, 0) is 54.3 Å². The number of nitrogens with zero attached hydrogens (tertiary/aromatic N) is 3. The number of fused-ring (bicyclic) bond motifs is 2. The number of rotatable bonds is 6. The summed E-state index contributed by atoms with van der Waals surface area (Å²) in [5.74, 6) is 0.0775. The van der Waals surface area contributed by atoms with E-state index in [9.17, 15) is 9.59 Å². The molecular weight excluding hydrogens is 496 g/mol. The Kier molecular flexibility index (Phi) is 7.73. The third kappa shape index (κ3) is 4.91. The van der Waals surface area contributed by atoms with Crippen molar-refractivity contribution in [2.24, 2.45) is 5.92 Å². The lowest BCUT2D eigenvalue weighted by Gasteiger charge is -2.41. The fraction of sp³-hybridized carbons (Fsp3) is 0.355. The maximum atomic E-state index is 13.3. The van der Waals surface area contributed by atoms with Crippen LogP contribution in [0.4, 0.5) is 17.1 Å². The summed E-state index contributed by atoms with van der Waals surface area (Å²) in [5.41, 5.74) is 5.62. The highest BCUT2D eigenvalue weighted by molar-refractivity contribution is 6.33. The molecule has 0 saturated carbocycles. The van der Waals surface area contributed by atoms with Gasteiger partial charge in [-0.2, -0.15) is 0 Å². The molecule has 198 valence electrons. The number of nitrogens with one attached hydrogen (secondary N) is 1. The lowest BCUT2D eigenvalue weighted by Crippen LogP contribution is -2.48. The Balaban J connectivity index is 1.36. The fourth-order valence-corrected chi connectivity index (χ4v) is 6.07. The Morgan fingerprint density at radius 1 is 0.921 bits per heavy atom. The van der Waals surface area contributed by atoms with Gasteiger partial charge in [0.15, 0.2) is 0 Å². The smallest absolute Gasteiger partial charge is 0.258 e. The Morgan fingerprint density at radius 3 is 2.26 bits per heavy atom. The van der Waals surface area contributed by atoms with Gasteiger partial charge >= 0.3 is 0 Å². The number of hydrogen-bond acceptors (Lipinski definition) is 4. The SMILES string of the molecule is CCC(CC)C(=O)Nc1ccc(N2CCN(C3c4ccccc4C(=O)N(C)c4ccccc43)CC2)c(Cl)c1. The second-order valence-corrected chi connectivity index (χ2v) is 10.5. The number of halogens is 1. The second-order valence-electron chi connectivity index (χ2n) is 10.1. The van der Waals surface area contributed by atoms with Crippen molar-refractivity contribution in [3.63, 3.8) is 0 Å². The predicted octanol–water partition coefficient (Wildman–Crippen LogP) is 6.22. The first-order valence-corrected chi connectivity index (χ1v) is 13.9. The fourth-order valence-electron chi connectivity index (χ4n) is 5.77. The number of amides is 2. The average Bonchev–Trinajstić information content (AvgIpc) is 3.03. The molecule has 6 nitrogen and oxygen atoms in total. The third-order valence-electron chi connectivity index (χ3n) is 7.97. The van der Waals surface area contributed by atoms with Crippen molar-refractivity contribution in [1.82, 2.24) is 4.90 Å². The van der Waals surface area contributed by atoms with Crippen LogP contribution < -0.4 is 15.1 Å². The summed E-state index contributed by atoms with van der Waals surface area (Å²) in [6.45, 7) is 7.34. The molecule has 1 unspecified atom stereocenters. The topological polar surface area (TPSA) is 55.9 Å². The summed E-state index contributed by atoms with van der Waals surface area (Å²) >= 11 is 6.72. The highest BCUT2D eigenvalue weighted by Gasteiger charge is 2.35. The van der Waals surface area contributed by atoms with E-state index in [1.807, 2.05) is 69.4 Å². The number of para-hydroxylation sites is 1. The molecule has 5 rings (SSSR count). The minimum atomic E-state index is -0.00316. The van der Waals surface area contributed by atoms with Gasteiger partial charge in [0.05, 0.1) is 16.8 Å². The average molecular weight is 531 g/mol. The zero-order valence-corrected chi connectivity index (χ0v) is 23.0. The number of hydrogen-bond donors (Lipinski definition) is 1. The molecule has 7 heteroatoms. The molecule has 0 bridgehead atoms. The molecule has 2 heterocycles. The first-order valence-electron chi connectivity index (χ1n) is 13.5. The summed E-state index contributed by atoms with van der Waals surface area (Å²) in [4.78, 5) is 32.4. The number of anilines is 3. The van der Waals surface area contributed by atoms with Crippen LogP contribution in [-0.2, 0) is 4.79 Å². The van der Waals surface area contributed by atoms with Gasteiger partial charge in [-0.3, -0.25) is 14.5 Å². The van der Waals surface area contributed by atoms with Gasteiger partial charge in [-0.25, -0.2) is 0 Å². The molecule has 2 aliphatic heterocycles. The zero-order chi connectivity index (χ0) is 26.8. The molecule has 1 fully saturated rings. The largest absolute Gasteiger partial charge is 0.368 e. The molecule has 38 heavy (non-hydrogen) atoms. The predicted molar refractivity (Wildman–Crippen MR) is 155 cm³/mol. The van der Waals surface area contributed by atoms with Gasteiger partial charge in [0.1, 0.15) is 0 Å². The van der Waals surface area contributed by atoms with E-state index < -0.39 is 0 Å². The first kappa shape index (κ1) is 26.3. The quantitative estimate of drug-likeness (QED) is 0.411. The molecule has 3 aromatic carbocycles. The van der Waals surface area contributed by atoms with E-state index in [4.69, 9.17) is 11.6 Å². The minimum absolute atomic E-state index is 0.00316. The van der Waals surface area contributed by atoms with Crippen LogP contribution in [0.15, 0.2) is 66.7 Å². The second kappa shape index (κ2) is 11.2. The Labute approximate surface area is 230 Å². The third-order valence-corrected chi connectivity index (χ3v) is 8.28. The minimum Gasteiger partial charge on any atom is -0.368 e. The van der Waals surface area contributed by atoms with Gasteiger partial charge in [-0.15, -0.1) is 0 Å². The van der Waals surface area contributed by atoms with E-state index in [2.05, 4.69) is 33.3 Å². The molecule has 0 aromatic heterocycles. The van der Waals surface area contributed by atoms with Crippen LogP contribution in [-0.4, -0.2) is 49.9 Å². The molecule has 0 radical (unpaired) electrons. The Hall–Kier alpha value is -3.35. The maximum Gasteiger partial charge on any atom is 0.258 e. The van der Waals surface area contributed by atoms with E-state index >= 15 is 0 Å². The van der Waals surface area contributed by atoms with Crippen molar-refractivity contribution in [3.05, 3.63) is 88.4 Å². The van der Waals surface area contributed by atoms with Crippen LogP contribution >= 0.6 is 11.6 Å². The molecule has 3 aromatic rings. The molecule has 1 atom stereocenters. The van der Waals surface area contributed by atoms with Gasteiger partial charge in [0.2, 0.25) is 5.91 Å². The maximum absolute atomic E-state index is 13.3. The summed E-state index contributed by atoms with van der Waals surface area (Å²) in [5, 5.41) is 3.65. The Bertz CT molecular complexity index is 1330. The van der Waals surface area contributed by atoms with Gasteiger partial charge in [-0.1, -0.05) is 61.8 Å². The molecule has 1 saturated heterocycles.